The lowest BCUT2D eigenvalue weighted by atomic mass is 10.5. The highest BCUT2D eigenvalue weighted by atomic mass is 16.8. The molecule has 0 aromatic heterocycles. The summed E-state index contributed by atoms with van der Waals surface area (Å²) in [5.41, 5.74) is 0. The Morgan fingerprint density at radius 3 is 2.75 bits per heavy atom. The van der Waals surface area contributed by atoms with Crippen LogP contribution in [0, 0.1) is 4.91 Å². The molecule has 1 N–H and O–H groups in total. The van der Waals surface area contributed by atoms with E-state index in [0.717, 1.165) is 6.42 Å². The molecule has 4 heteroatoms. The van der Waals surface area contributed by atoms with Crippen LogP contribution in [0.4, 0.5) is 0 Å². The van der Waals surface area contributed by atoms with Crippen LogP contribution >= 0.6 is 0 Å². The van der Waals surface area contributed by atoms with E-state index in [1.165, 1.54) is 0 Å². The molecule has 0 fully saturated rings. The first-order valence-corrected chi connectivity index (χ1v) is 2.49. The fraction of sp³-hybridized carbons (Fsp3) is 1.00. The molecule has 0 atom stereocenters. The van der Waals surface area contributed by atoms with Crippen LogP contribution in [-0.2, 0) is 4.84 Å². The van der Waals surface area contributed by atoms with Gasteiger partial charge in [0.25, 0.3) is 0 Å². The van der Waals surface area contributed by atoms with Gasteiger partial charge in [-0.1, -0.05) is 6.92 Å². The summed E-state index contributed by atoms with van der Waals surface area (Å²) in [7, 11) is 0. The number of rotatable bonds is 4. The van der Waals surface area contributed by atoms with Crippen LogP contribution in [0.25, 0.3) is 0 Å². The summed E-state index contributed by atoms with van der Waals surface area (Å²) in [4.78, 5) is 14.5. The molecule has 0 rings (SSSR count). The zero-order chi connectivity index (χ0) is 6.41. The van der Waals surface area contributed by atoms with Crippen molar-refractivity contribution >= 4 is 0 Å². The van der Waals surface area contributed by atoms with Gasteiger partial charge in [-0.15, -0.1) is 0 Å². The normalized spacial score (nSPS) is 8.75. The largest absolute Gasteiger partial charge is 0.348 e. The molecule has 48 valence electrons. The summed E-state index contributed by atoms with van der Waals surface area (Å²) in [6.45, 7) is 1.65. The van der Waals surface area contributed by atoms with Crippen LogP contribution in [0.1, 0.15) is 13.3 Å². The van der Waals surface area contributed by atoms with Crippen molar-refractivity contribution in [1.29, 1.82) is 0 Å². The zero-order valence-electron chi connectivity index (χ0n) is 4.83. The van der Waals surface area contributed by atoms with Crippen LogP contribution < -0.4 is 0 Å². The molecule has 0 radical (unpaired) electrons. The van der Waals surface area contributed by atoms with E-state index >= 15 is 0 Å². The Morgan fingerprint density at radius 1 is 1.75 bits per heavy atom. The van der Waals surface area contributed by atoms with Gasteiger partial charge in [0, 0.05) is 0 Å². The third-order valence-electron chi connectivity index (χ3n) is 0.555. The zero-order valence-corrected chi connectivity index (χ0v) is 4.83. The van der Waals surface area contributed by atoms with Gasteiger partial charge in [-0.3, -0.25) is 0 Å². The van der Waals surface area contributed by atoms with Gasteiger partial charge in [0.15, 0.2) is 6.61 Å². The molecule has 0 spiro atoms. The second-order valence-corrected chi connectivity index (χ2v) is 1.31. The first-order chi connectivity index (χ1) is 3.81. The van der Waals surface area contributed by atoms with Gasteiger partial charge in [0.05, 0.1) is 4.91 Å². The van der Waals surface area contributed by atoms with Crippen molar-refractivity contribution in [3.05, 3.63) is 4.91 Å². The van der Waals surface area contributed by atoms with Crippen molar-refractivity contribution < 1.29 is 14.9 Å². The van der Waals surface area contributed by atoms with Crippen LogP contribution in [0.5, 0.6) is 0 Å². The van der Waals surface area contributed by atoms with Gasteiger partial charge in [-0.05, 0) is 6.42 Å². The lowest BCUT2D eigenvalue weighted by Gasteiger charge is -1.86. The van der Waals surface area contributed by atoms with Gasteiger partial charge in [0.1, 0.15) is 0 Å². The maximum absolute atomic E-state index is 10.0. The van der Waals surface area contributed by atoms with E-state index in [1.54, 1.807) is 0 Å². The van der Waals surface area contributed by atoms with Crippen molar-refractivity contribution in [3.63, 3.8) is 0 Å². The van der Waals surface area contributed by atoms with Gasteiger partial charge in [-0.25, -0.2) is 4.84 Å². The standard InChI is InChI=1S/C4H10NO3/c1-2-3-8-5(7)4-6/h6H,2-4H2,1H3/q+1. The minimum atomic E-state index is -0.597. The molecule has 0 aliphatic rings. The van der Waals surface area contributed by atoms with Crippen LogP contribution in [0.15, 0.2) is 0 Å². The highest BCUT2D eigenvalue weighted by Crippen LogP contribution is 1.78. The van der Waals surface area contributed by atoms with E-state index in [1.807, 2.05) is 6.92 Å². The summed E-state index contributed by atoms with van der Waals surface area (Å²) in [5, 5.41) is 8.05. The Labute approximate surface area is 47.6 Å². The minimum Gasteiger partial charge on any atom is -0.332 e. The number of aliphatic hydroxyl groups excluding tert-OH is 1. The van der Waals surface area contributed by atoms with E-state index in [4.69, 9.17) is 5.11 Å². The summed E-state index contributed by atoms with van der Waals surface area (Å²) < 4.78 is 0. The Morgan fingerprint density at radius 2 is 2.38 bits per heavy atom. The van der Waals surface area contributed by atoms with Crippen molar-refractivity contribution in [2.45, 2.75) is 13.3 Å². The van der Waals surface area contributed by atoms with Crippen molar-refractivity contribution in [2.75, 3.05) is 13.3 Å². The lowest BCUT2D eigenvalue weighted by Crippen LogP contribution is -2.10. The van der Waals surface area contributed by atoms with E-state index < -0.39 is 6.73 Å². The SMILES string of the molecule is CCCO[N+](=O)CO. The molecule has 4 nitrogen and oxygen atoms in total. The topological polar surface area (TPSA) is 49.5 Å². The molecule has 0 saturated carbocycles. The Bertz CT molecular complexity index is 73.7. The summed E-state index contributed by atoms with van der Waals surface area (Å²) in [5.74, 6) is 0. The second-order valence-electron chi connectivity index (χ2n) is 1.31. The van der Waals surface area contributed by atoms with E-state index in [9.17, 15) is 4.91 Å². The van der Waals surface area contributed by atoms with Crippen molar-refractivity contribution in [3.8, 4) is 0 Å². The molecule has 0 aliphatic heterocycles. The molecule has 0 aromatic carbocycles. The van der Waals surface area contributed by atoms with Gasteiger partial charge < -0.3 is 5.11 Å². The highest BCUT2D eigenvalue weighted by molar-refractivity contribution is 4.13. The van der Waals surface area contributed by atoms with Gasteiger partial charge in [0.2, 0.25) is 4.92 Å². The van der Waals surface area contributed by atoms with E-state index in [0.29, 0.717) is 6.61 Å². The predicted octanol–water partition coefficient (Wildman–Crippen LogP) is 0.0567. The van der Waals surface area contributed by atoms with Crippen LogP contribution in [-0.4, -0.2) is 23.4 Å². The molecule has 0 saturated heterocycles. The third kappa shape index (κ3) is 3.55. The predicted molar refractivity (Wildman–Crippen MR) is 27.0 cm³/mol. The fourth-order valence-corrected chi connectivity index (χ4v) is 0.234. The van der Waals surface area contributed by atoms with Crippen molar-refractivity contribution in [2.24, 2.45) is 0 Å². The minimum absolute atomic E-state index is 0.142. The molecular weight excluding hydrogens is 110 g/mol. The Hall–Kier alpha value is -0.640. The first kappa shape index (κ1) is 7.36. The molecule has 0 amide bonds. The first-order valence-electron chi connectivity index (χ1n) is 2.49. The average molecular weight is 120 g/mol. The van der Waals surface area contributed by atoms with Gasteiger partial charge in [-0.2, -0.15) is 0 Å². The van der Waals surface area contributed by atoms with Gasteiger partial charge >= 0.3 is 6.73 Å². The smallest absolute Gasteiger partial charge is 0.332 e. The van der Waals surface area contributed by atoms with Crippen molar-refractivity contribution in [1.82, 2.24) is 0 Å². The maximum Gasteiger partial charge on any atom is 0.348 e. The Kier molecular flexibility index (Phi) is 4.16. The van der Waals surface area contributed by atoms with Crippen LogP contribution in [0.3, 0.4) is 0 Å². The Balaban J connectivity index is 2.99. The second kappa shape index (κ2) is 4.52. The molecule has 0 aliphatic carbocycles. The van der Waals surface area contributed by atoms with Crippen LogP contribution in [0.2, 0.25) is 0 Å². The number of hydrogen-bond donors (Lipinski definition) is 1. The molecule has 0 aromatic rings. The number of aliphatic hydroxyl groups is 1. The molecule has 0 heterocycles. The molecular formula is C4H10NO3+. The maximum atomic E-state index is 10.0. The quantitative estimate of drug-likeness (QED) is 0.421. The summed E-state index contributed by atoms with van der Waals surface area (Å²) in [6.07, 6.45) is 0.777. The fourth-order valence-electron chi connectivity index (χ4n) is 0.234. The van der Waals surface area contributed by atoms with E-state index in [2.05, 4.69) is 4.84 Å². The van der Waals surface area contributed by atoms with E-state index in [-0.39, 0.29) is 4.92 Å². The lowest BCUT2D eigenvalue weighted by molar-refractivity contribution is -0.821. The highest BCUT2D eigenvalue weighted by Gasteiger charge is 2.02. The number of nitrogens with zero attached hydrogens (tertiary/aromatic N) is 1. The summed E-state index contributed by atoms with van der Waals surface area (Å²) >= 11 is 0. The summed E-state index contributed by atoms with van der Waals surface area (Å²) in [6, 6.07) is 0. The molecule has 0 unspecified atom stereocenters. The average Bonchev–Trinajstić information content (AvgIpc) is 1.83. The molecule has 8 heavy (non-hydrogen) atoms. The monoisotopic (exact) mass is 120 g/mol. The third-order valence-corrected chi connectivity index (χ3v) is 0.555. The molecule has 0 bridgehead atoms. The number of hydrogen-bond acceptors (Lipinski definition) is 3.